The van der Waals surface area contributed by atoms with E-state index in [1.807, 2.05) is 0 Å². The average Bonchev–Trinajstić information content (AvgIpc) is 2.37. The molecule has 10 heteroatoms. The molecule has 0 aromatic carbocycles. The van der Waals surface area contributed by atoms with Crippen molar-refractivity contribution in [2.75, 3.05) is 25.4 Å². The SMILES string of the molecule is O=P(O)(O)CCCCP1(=O)ONCCNO1. The molecular formula is C6H16N2O6P2. The van der Waals surface area contributed by atoms with Gasteiger partial charge in [-0.1, -0.05) is 0 Å². The normalized spacial score (nSPS) is 21.6. The van der Waals surface area contributed by atoms with Gasteiger partial charge < -0.3 is 9.79 Å². The van der Waals surface area contributed by atoms with E-state index >= 15 is 0 Å². The highest BCUT2D eigenvalue weighted by molar-refractivity contribution is 7.53. The van der Waals surface area contributed by atoms with Gasteiger partial charge in [0, 0.05) is 19.3 Å². The Hall–Kier alpha value is 0.220. The van der Waals surface area contributed by atoms with Crippen molar-refractivity contribution in [3.05, 3.63) is 0 Å². The zero-order chi connectivity index (χ0) is 12.1. The molecule has 1 saturated heterocycles. The van der Waals surface area contributed by atoms with Crippen molar-refractivity contribution < 1.29 is 28.2 Å². The molecule has 8 nitrogen and oxygen atoms in total. The maximum absolute atomic E-state index is 11.8. The van der Waals surface area contributed by atoms with Crippen LogP contribution >= 0.6 is 15.2 Å². The first-order valence-corrected chi connectivity index (χ1v) is 8.40. The minimum Gasteiger partial charge on any atom is -0.324 e. The third-order valence-electron chi connectivity index (χ3n) is 1.87. The van der Waals surface area contributed by atoms with E-state index in [1.54, 1.807) is 0 Å². The van der Waals surface area contributed by atoms with Crippen LogP contribution in [0, 0.1) is 0 Å². The lowest BCUT2D eigenvalue weighted by atomic mass is 10.4. The summed E-state index contributed by atoms with van der Waals surface area (Å²) in [4.78, 5) is 17.2. The first-order valence-electron chi connectivity index (χ1n) is 4.88. The van der Waals surface area contributed by atoms with Crippen molar-refractivity contribution in [3.8, 4) is 0 Å². The third-order valence-corrected chi connectivity index (χ3v) is 4.45. The van der Waals surface area contributed by atoms with Crippen LogP contribution in [0.25, 0.3) is 0 Å². The Kier molecular flexibility index (Phi) is 5.56. The molecule has 1 aliphatic rings. The first kappa shape index (κ1) is 14.3. The molecule has 0 radical (unpaired) electrons. The number of nitrogens with one attached hydrogen (secondary N) is 2. The Morgan fingerprint density at radius 3 is 2.25 bits per heavy atom. The van der Waals surface area contributed by atoms with Gasteiger partial charge in [-0.05, 0) is 12.8 Å². The van der Waals surface area contributed by atoms with Gasteiger partial charge in [0.1, 0.15) is 0 Å². The number of rotatable bonds is 5. The Bertz CT molecular complexity index is 293. The van der Waals surface area contributed by atoms with Gasteiger partial charge in [-0.15, -0.1) is 0 Å². The van der Waals surface area contributed by atoms with Crippen LogP contribution in [0.5, 0.6) is 0 Å². The van der Waals surface area contributed by atoms with E-state index in [4.69, 9.17) is 19.0 Å². The third kappa shape index (κ3) is 6.08. The Labute approximate surface area is 93.3 Å². The molecular weight excluding hydrogens is 258 g/mol. The molecule has 0 saturated carbocycles. The Balaban J connectivity index is 2.25. The van der Waals surface area contributed by atoms with Crippen LogP contribution in [-0.2, 0) is 18.4 Å². The van der Waals surface area contributed by atoms with Crippen molar-refractivity contribution in [1.82, 2.24) is 11.0 Å². The lowest BCUT2D eigenvalue weighted by Gasteiger charge is -2.13. The van der Waals surface area contributed by atoms with Crippen LogP contribution < -0.4 is 11.0 Å². The molecule has 0 aromatic rings. The predicted molar refractivity (Wildman–Crippen MR) is 56.8 cm³/mol. The maximum Gasteiger partial charge on any atom is 0.363 e. The second-order valence-corrected chi connectivity index (χ2v) is 7.21. The molecule has 1 fully saturated rings. The molecule has 0 bridgehead atoms. The Morgan fingerprint density at radius 1 is 1.19 bits per heavy atom. The van der Waals surface area contributed by atoms with Crippen LogP contribution in [0.1, 0.15) is 12.8 Å². The minimum absolute atomic E-state index is 0.118. The second kappa shape index (κ2) is 6.23. The van der Waals surface area contributed by atoms with Gasteiger partial charge in [0.05, 0.1) is 6.16 Å². The number of unbranched alkanes of at least 4 members (excludes halogenated alkanes) is 1. The van der Waals surface area contributed by atoms with Crippen molar-refractivity contribution in [3.63, 3.8) is 0 Å². The second-order valence-electron chi connectivity index (χ2n) is 3.40. The first-order chi connectivity index (χ1) is 7.41. The smallest absolute Gasteiger partial charge is 0.324 e. The summed E-state index contributed by atoms with van der Waals surface area (Å²) in [5.41, 5.74) is 4.98. The van der Waals surface area contributed by atoms with E-state index in [0.717, 1.165) is 0 Å². The maximum atomic E-state index is 11.8. The minimum atomic E-state index is -3.97. The molecule has 0 amide bonds. The summed E-state index contributed by atoms with van der Waals surface area (Å²) in [7, 11) is -7.18. The summed E-state index contributed by atoms with van der Waals surface area (Å²) in [6.07, 6.45) is 0.549. The fourth-order valence-electron chi connectivity index (χ4n) is 1.12. The summed E-state index contributed by atoms with van der Waals surface area (Å²) in [6, 6.07) is 0. The largest absolute Gasteiger partial charge is 0.363 e. The molecule has 0 atom stereocenters. The molecule has 1 aliphatic heterocycles. The van der Waals surface area contributed by atoms with Crippen LogP contribution in [0.15, 0.2) is 0 Å². The van der Waals surface area contributed by atoms with Gasteiger partial charge in [-0.2, -0.15) is 11.0 Å². The van der Waals surface area contributed by atoms with Crippen LogP contribution in [0.3, 0.4) is 0 Å². The highest BCUT2D eigenvalue weighted by atomic mass is 31.2. The van der Waals surface area contributed by atoms with E-state index in [2.05, 4.69) is 11.0 Å². The monoisotopic (exact) mass is 274 g/mol. The molecule has 0 aliphatic carbocycles. The number of hydrogen-bond acceptors (Lipinski definition) is 6. The van der Waals surface area contributed by atoms with E-state index in [1.165, 1.54) is 0 Å². The molecule has 1 rings (SSSR count). The van der Waals surface area contributed by atoms with E-state index in [9.17, 15) is 9.13 Å². The standard InChI is InChI=1S/C6H16N2O6P2/c9-15(10,11)5-1-2-6-16(12)13-7-3-4-8-14-16/h7-8H,1-6H2,(H2,9,10,11). The average molecular weight is 274 g/mol. The number of hydroxylamine groups is 2. The summed E-state index contributed by atoms with van der Waals surface area (Å²) >= 11 is 0. The fraction of sp³-hybridized carbons (Fsp3) is 1.00. The summed E-state index contributed by atoms with van der Waals surface area (Å²) in [5.74, 6) is 0. The molecule has 1 heterocycles. The van der Waals surface area contributed by atoms with Crippen LogP contribution in [0.4, 0.5) is 0 Å². The zero-order valence-electron chi connectivity index (χ0n) is 8.66. The van der Waals surface area contributed by atoms with Crippen molar-refractivity contribution in [2.24, 2.45) is 0 Å². The van der Waals surface area contributed by atoms with E-state index in [0.29, 0.717) is 19.5 Å². The molecule has 4 N–H and O–H groups in total. The summed E-state index contributed by atoms with van der Waals surface area (Å²) < 4.78 is 32.1. The lowest BCUT2D eigenvalue weighted by Crippen LogP contribution is -2.19. The van der Waals surface area contributed by atoms with Gasteiger partial charge >= 0.3 is 15.2 Å². The molecule has 0 unspecified atom stereocenters. The highest BCUT2D eigenvalue weighted by Crippen LogP contribution is 2.47. The summed E-state index contributed by atoms with van der Waals surface area (Å²) in [6.45, 7) is 0.957. The van der Waals surface area contributed by atoms with E-state index in [-0.39, 0.29) is 18.7 Å². The van der Waals surface area contributed by atoms with Gasteiger partial charge in [-0.25, -0.2) is 9.25 Å². The molecule has 0 spiro atoms. The van der Waals surface area contributed by atoms with E-state index < -0.39 is 15.2 Å². The topological polar surface area (TPSA) is 117 Å². The van der Waals surface area contributed by atoms with Crippen LogP contribution in [-0.4, -0.2) is 35.2 Å². The van der Waals surface area contributed by atoms with Crippen molar-refractivity contribution in [1.29, 1.82) is 0 Å². The van der Waals surface area contributed by atoms with Gasteiger partial charge in [0.2, 0.25) is 0 Å². The predicted octanol–water partition coefficient (Wildman–Crippen LogP) is 0.193. The molecule has 16 heavy (non-hydrogen) atoms. The van der Waals surface area contributed by atoms with Crippen molar-refractivity contribution in [2.45, 2.75) is 12.8 Å². The zero-order valence-corrected chi connectivity index (χ0v) is 10.5. The quantitative estimate of drug-likeness (QED) is 0.414. The van der Waals surface area contributed by atoms with Crippen molar-refractivity contribution >= 4 is 15.2 Å². The fourth-order valence-corrected chi connectivity index (χ4v) is 3.17. The lowest BCUT2D eigenvalue weighted by molar-refractivity contribution is 0.144. The summed E-state index contributed by atoms with van der Waals surface area (Å²) in [5, 5.41) is 0. The Morgan fingerprint density at radius 2 is 1.75 bits per heavy atom. The molecule has 96 valence electrons. The highest BCUT2D eigenvalue weighted by Gasteiger charge is 2.27. The number of hydrogen-bond donors (Lipinski definition) is 4. The van der Waals surface area contributed by atoms with Gasteiger partial charge in [0.15, 0.2) is 0 Å². The van der Waals surface area contributed by atoms with Crippen LogP contribution in [0.2, 0.25) is 0 Å². The molecule has 0 aromatic heterocycles. The van der Waals surface area contributed by atoms with Gasteiger partial charge in [-0.3, -0.25) is 9.13 Å². The van der Waals surface area contributed by atoms with Gasteiger partial charge in [0.25, 0.3) is 0 Å².